The highest BCUT2D eigenvalue weighted by atomic mass is 32.1. The van der Waals surface area contributed by atoms with Crippen LogP contribution < -0.4 is 11.1 Å². The lowest BCUT2D eigenvalue weighted by molar-refractivity contribution is 0.0940. The Morgan fingerprint density at radius 1 is 1.48 bits per heavy atom. The first kappa shape index (κ1) is 15.9. The predicted octanol–water partition coefficient (Wildman–Crippen LogP) is 1.18. The van der Waals surface area contributed by atoms with Gasteiger partial charge in [-0.3, -0.25) is 9.78 Å². The van der Waals surface area contributed by atoms with E-state index in [-0.39, 0.29) is 10.9 Å². The third-order valence-corrected chi connectivity index (χ3v) is 3.90. The van der Waals surface area contributed by atoms with Crippen LogP contribution in [0.3, 0.4) is 0 Å². The second kappa shape index (κ2) is 7.47. The number of nitrogens with zero attached hydrogens (tertiary/aromatic N) is 2. The maximum atomic E-state index is 12.0. The minimum atomic E-state index is -0.155. The number of rotatable bonds is 6. The number of carbonyl (C=O) groups is 1. The van der Waals surface area contributed by atoms with E-state index in [1.54, 1.807) is 12.1 Å². The van der Waals surface area contributed by atoms with E-state index >= 15 is 0 Å². The standard InChI is InChI=1S/C15H22N4OS/c1-11(10-19-6-2-3-7-19)8-18-15(20)13-5-4-12(9-17-13)14(16)21/h4-5,9,11H,2-3,6-8,10H2,1H3,(H2,16,21)(H,18,20). The van der Waals surface area contributed by atoms with Crippen LogP contribution in [-0.2, 0) is 0 Å². The molecule has 1 saturated heterocycles. The Hall–Kier alpha value is -1.53. The lowest BCUT2D eigenvalue weighted by atomic mass is 10.1. The summed E-state index contributed by atoms with van der Waals surface area (Å²) in [7, 11) is 0. The predicted molar refractivity (Wildman–Crippen MR) is 87.3 cm³/mol. The van der Waals surface area contributed by atoms with Gasteiger partial charge in [0, 0.05) is 24.8 Å². The number of amides is 1. The molecule has 0 aromatic carbocycles. The van der Waals surface area contributed by atoms with E-state index in [9.17, 15) is 4.79 Å². The maximum absolute atomic E-state index is 12.0. The van der Waals surface area contributed by atoms with Crippen LogP contribution in [0.4, 0.5) is 0 Å². The van der Waals surface area contributed by atoms with Gasteiger partial charge in [-0.2, -0.15) is 0 Å². The van der Waals surface area contributed by atoms with Gasteiger partial charge < -0.3 is 16.0 Å². The van der Waals surface area contributed by atoms with Crippen molar-refractivity contribution in [1.29, 1.82) is 0 Å². The SMILES string of the molecule is CC(CNC(=O)c1ccc(C(N)=S)cn1)CN1CCCC1. The van der Waals surface area contributed by atoms with Crippen LogP contribution in [0.25, 0.3) is 0 Å². The van der Waals surface area contributed by atoms with Crippen molar-refractivity contribution in [1.82, 2.24) is 15.2 Å². The molecule has 1 amide bonds. The molecule has 0 bridgehead atoms. The van der Waals surface area contributed by atoms with Gasteiger partial charge in [0.05, 0.1) is 0 Å². The molecule has 3 N–H and O–H groups in total. The molecule has 0 spiro atoms. The number of carbonyl (C=O) groups excluding carboxylic acids is 1. The van der Waals surface area contributed by atoms with Gasteiger partial charge in [0.15, 0.2) is 0 Å². The summed E-state index contributed by atoms with van der Waals surface area (Å²) in [6.45, 7) is 6.21. The number of pyridine rings is 1. The van der Waals surface area contributed by atoms with Gasteiger partial charge in [0.1, 0.15) is 10.7 Å². The number of hydrogen-bond acceptors (Lipinski definition) is 4. The van der Waals surface area contributed by atoms with Crippen LogP contribution in [0, 0.1) is 5.92 Å². The van der Waals surface area contributed by atoms with E-state index < -0.39 is 0 Å². The molecule has 6 heteroatoms. The zero-order valence-electron chi connectivity index (χ0n) is 12.3. The number of thiocarbonyl (C=S) groups is 1. The van der Waals surface area contributed by atoms with Gasteiger partial charge in [0.25, 0.3) is 5.91 Å². The molecule has 114 valence electrons. The van der Waals surface area contributed by atoms with Crippen LogP contribution >= 0.6 is 12.2 Å². The van der Waals surface area contributed by atoms with E-state index in [1.165, 1.54) is 32.1 Å². The summed E-state index contributed by atoms with van der Waals surface area (Å²) in [5, 5.41) is 2.93. The number of likely N-dealkylation sites (tertiary alicyclic amines) is 1. The maximum Gasteiger partial charge on any atom is 0.269 e. The molecule has 2 rings (SSSR count). The molecule has 0 radical (unpaired) electrons. The number of nitrogens with one attached hydrogen (secondary N) is 1. The molecule has 21 heavy (non-hydrogen) atoms. The average Bonchev–Trinajstić information content (AvgIpc) is 2.97. The summed E-state index contributed by atoms with van der Waals surface area (Å²) in [6, 6.07) is 3.37. The molecule has 0 aliphatic carbocycles. The topological polar surface area (TPSA) is 71.2 Å². The molecular weight excluding hydrogens is 284 g/mol. The van der Waals surface area contributed by atoms with Crippen molar-refractivity contribution in [2.45, 2.75) is 19.8 Å². The van der Waals surface area contributed by atoms with Crippen LogP contribution in [-0.4, -0.2) is 47.0 Å². The third kappa shape index (κ3) is 4.75. The largest absolute Gasteiger partial charge is 0.389 e. The fourth-order valence-electron chi connectivity index (χ4n) is 2.50. The number of aromatic nitrogens is 1. The van der Waals surface area contributed by atoms with E-state index in [1.807, 2.05) is 0 Å². The van der Waals surface area contributed by atoms with Gasteiger partial charge in [-0.05, 0) is 44.0 Å². The summed E-state index contributed by atoms with van der Waals surface area (Å²) in [4.78, 5) is 18.8. The Bertz CT molecular complexity index is 497. The van der Waals surface area contributed by atoms with Crippen molar-refractivity contribution in [3.8, 4) is 0 Å². The smallest absolute Gasteiger partial charge is 0.269 e. The fourth-order valence-corrected chi connectivity index (χ4v) is 2.62. The Kier molecular flexibility index (Phi) is 5.64. The van der Waals surface area contributed by atoms with E-state index in [0.29, 0.717) is 23.7 Å². The van der Waals surface area contributed by atoms with Crippen LogP contribution in [0.15, 0.2) is 18.3 Å². The van der Waals surface area contributed by atoms with Crippen molar-refractivity contribution < 1.29 is 4.79 Å². The second-order valence-electron chi connectivity index (χ2n) is 5.62. The van der Waals surface area contributed by atoms with Crippen LogP contribution in [0.1, 0.15) is 35.8 Å². The zero-order chi connectivity index (χ0) is 15.2. The fraction of sp³-hybridized carbons (Fsp3) is 0.533. The summed E-state index contributed by atoms with van der Waals surface area (Å²) < 4.78 is 0. The Balaban J connectivity index is 1.79. The Labute approximate surface area is 130 Å². The molecule has 1 aromatic rings. The summed E-state index contributed by atoms with van der Waals surface area (Å²) in [5.41, 5.74) is 6.56. The Morgan fingerprint density at radius 2 is 2.19 bits per heavy atom. The number of hydrogen-bond donors (Lipinski definition) is 2. The lowest BCUT2D eigenvalue weighted by Gasteiger charge is -2.20. The molecule has 1 unspecified atom stereocenters. The van der Waals surface area contributed by atoms with E-state index in [2.05, 4.69) is 22.1 Å². The van der Waals surface area contributed by atoms with Crippen molar-refractivity contribution in [2.24, 2.45) is 11.7 Å². The minimum absolute atomic E-state index is 0.155. The average molecular weight is 306 g/mol. The number of nitrogens with two attached hydrogens (primary N) is 1. The molecule has 1 aliphatic heterocycles. The van der Waals surface area contributed by atoms with Crippen LogP contribution in [0.2, 0.25) is 0 Å². The second-order valence-corrected chi connectivity index (χ2v) is 6.06. The quantitative estimate of drug-likeness (QED) is 0.772. The summed E-state index contributed by atoms with van der Waals surface area (Å²) in [6.07, 6.45) is 4.11. The van der Waals surface area contributed by atoms with E-state index in [4.69, 9.17) is 18.0 Å². The molecule has 1 atom stereocenters. The molecular formula is C15H22N4OS. The van der Waals surface area contributed by atoms with Gasteiger partial charge in [-0.1, -0.05) is 19.1 Å². The summed E-state index contributed by atoms with van der Waals surface area (Å²) in [5.74, 6) is 0.278. The normalized spacial score (nSPS) is 16.6. The first-order valence-corrected chi connectivity index (χ1v) is 7.73. The van der Waals surface area contributed by atoms with Crippen molar-refractivity contribution in [3.05, 3.63) is 29.6 Å². The molecule has 5 nitrogen and oxygen atoms in total. The zero-order valence-corrected chi connectivity index (χ0v) is 13.2. The molecule has 2 heterocycles. The highest BCUT2D eigenvalue weighted by Gasteiger charge is 2.15. The highest BCUT2D eigenvalue weighted by Crippen LogP contribution is 2.09. The van der Waals surface area contributed by atoms with Crippen molar-refractivity contribution in [2.75, 3.05) is 26.2 Å². The first-order valence-electron chi connectivity index (χ1n) is 7.32. The molecule has 0 saturated carbocycles. The van der Waals surface area contributed by atoms with Crippen LogP contribution in [0.5, 0.6) is 0 Å². The van der Waals surface area contributed by atoms with E-state index in [0.717, 1.165) is 6.54 Å². The monoisotopic (exact) mass is 306 g/mol. The third-order valence-electron chi connectivity index (χ3n) is 3.66. The van der Waals surface area contributed by atoms with Crippen molar-refractivity contribution >= 4 is 23.1 Å². The van der Waals surface area contributed by atoms with Gasteiger partial charge in [-0.15, -0.1) is 0 Å². The highest BCUT2D eigenvalue weighted by molar-refractivity contribution is 7.80. The van der Waals surface area contributed by atoms with Gasteiger partial charge >= 0.3 is 0 Å². The van der Waals surface area contributed by atoms with Gasteiger partial charge in [0.2, 0.25) is 0 Å². The summed E-state index contributed by atoms with van der Waals surface area (Å²) >= 11 is 4.86. The van der Waals surface area contributed by atoms with Crippen molar-refractivity contribution in [3.63, 3.8) is 0 Å². The van der Waals surface area contributed by atoms with Gasteiger partial charge in [-0.25, -0.2) is 0 Å². The molecule has 1 aliphatic rings. The molecule has 1 fully saturated rings. The lowest BCUT2D eigenvalue weighted by Crippen LogP contribution is -2.34. The Morgan fingerprint density at radius 3 is 2.76 bits per heavy atom. The first-order chi connectivity index (χ1) is 10.1. The minimum Gasteiger partial charge on any atom is -0.389 e. The molecule has 1 aromatic heterocycles.